The molecule has 116 valence electrons. The average Bonchev–Trinajstić information content (AvgIpc) is 2.42. The van der Waals surface area contributed by atoms with Crippen molar-refractivity contribution in [1.82, 2.24) is 0 Å². The second-order valence-corrected chi connectivity index (χ2v) is 5.15. The molecule has 1 aromatic carbocycles. The highest BCUT2D eigenvalue weighted by molar-refractivity contribution is 7.77. The molecular weight excluding hydrogens is 315 g/mol. The maximum Gasteiger partial charge on any atom is 0.416 e. The molecule has 0 bridgehead atoms. The molecule has 0 saturated carbocycles. The van der Waals surface area contributed by atoms with E-state index >= 15 is 0 Å². The number of aryl methyl sites for hydroxylation is 2. The molecular formula is C14H13F3N3OS+. The minimum absolute atomic E-state index is 0.0406. The second-order valence-electron chi connectivity index (χ2n) is 4.56. The van der Waals surface area contributed by atoms with E-state index in [1.165, 1.54) is 20.8 Å². The molecule has 0 atom stereocenters. The Morgan fingerprint density at radius 2 is 1.82 bits per heavy atom. The van der Waals surface area contributed by atoms with Crippen LogP contribution in [0.3, 0.4) is 0 Å². The van der Waals surface area contributed by atoms with Crippen LogP contribution in [0, 0.1) is 30.6 Å². The maximum absolute atomic E-state index is 12.7. The van der Waals surface area contributed by atoms with Crippen LogP contribution >= 0.6 is 0 Å². The minimum atomic E-state index is -4.44. The Balaban J connectivity index is 3.38. The first-order valence-electron chi connectivity index (χ1n) is 6.03. The first-order valence-corrected chi connectivity index (χ1v) is 6.80. The van der Waals surface area contributed by atoms with Gasteiger partial charge in [-0.2, -0.15) is 18.4 Å². The molecule has 0 unspecified atom stereocenters. The molecule has 4 nitrogen and oxygen atoms in total. The summed E-state index contributed by atoms with van der Waals surface area (Å²) in [5, 5.41) is 16.1. The van der Waals surface area contributed by atoms with E-state index in [2.05, 4.69) is 4.99 Å². The fourth-order valence-electron chi connectivity index (χ4n) is 1.86. The molecule has 1 aromatic rings. The van der Waals surface area contributed by atoms with E-state index in [9.17, 15) is 13.2 Å². The van der Waals surface area contributed by atoms with Gasteiger partial charge in [-0.15, -0.1) is 4.55 Å². The molecule has 0 saturated heterocycles. The van der Waals surface area contributed by atoms with Crippen molar-refractivity contribution in [2.75, 3.05) is 0 Å². The fourth-order valence-corrected chi connectivity index (χ4v) is 2.17. The van der Waals surface area contributed by atoms with Gasteiger partial charge in [0.1, 0.15) is 11.8 Å². The number of nitrogens with one attached hydrogen (secondary N) is 1. The van der Waals surface area contributed by atoms with Crippen LogP contribution in [-0.4, -0.2) is 20.8 Å². The van der Waals surface area contributed by atoms with E-state index in [4.69, 9.17) is 15.2 Å². The Labute approximate surface area is 129 Å². The predicted molar refractivity (Wildman–Crippen MR) is 82.0 cm³/mol. The van der Waals surface area contributed by atoms with Crippen molar-refractivity contribution in [3.8, 4) is 6.07 Å². The molecule has 0 radical (unpaired) electrons. The lowest BCUT2D eigenvalue weighted by Crippen LogP contribution is -2.21. The monoisotopic (exact) mass is 328 g/mol. The topological polar surface area (TPSA) is 80.2 Å². The third kappa shape index (κ3) is 3.96. The zero-order valence-corrected chi connectivity index (χ0v) is 12.9. The van der Waals surface area contributed by atoms with Gasteiger partial charge in [-0.25, -0.2) is 4.99 Å². The van der Waals surface area contributed by atoms with Gasteiger partial charge in [0.2, 0.25) is 5.71 Å². The van der Waals surface area contributed by atoms with E-state index in [-0.39, 0.29) is 22.2 Å². The summed E-state index contributed by atoms with van der Waals surface area (Å²) < 4.78 is 47.3. The lowest BCUT2D eigenvalue weighted by molar-refractivity contribution is -0.137. The average molecular weight is 328 g/mol. The molecule has 0 amide bonds. The Morgan fingerprint density at radius 3 is 2.18 bits per heavy atom. The smallest absolute Gasteiger partial charge is 0.285 e. The lowest BCUT2D eigenvalue weighted by atomic mass is 10.0. The minimum Gasteiger partial charge on any atom is -0.285 e. The number of nitriles is 1. The Kier molecular flexibility index (Phi) is 5.52. The summed E-state index contributed by atoms with van der Waals surface area (Å²) >= 11 is 0.208. The first-order chi connectivity index (χ1) is 10.1. The standard InChI is InChI=1S/C14H13F3N3OS/c1-7-4-10(14(15,16)17)5-8(2)12(7)20-9(3)13(22-21)11(19)6-18/h4-5,19,21H,1-3H3/q+1. The molecule has 22 heavy (non-hydrogen) atoms. The number of halogens is 3. The molecule has 0 heterocycles. The van der Waals surface area contributed by atoms with Crippen molar-refractivity contribution in [3.05, 3.63) is 28.8 Å². The molecule has 0 aliphatic heterocycles. The zero-order chi connectivity index (χ0) is 17.1. The van der Waals surface area contributed by atoms with Crippen molar-refractivity contribution >= 4 is 33.6 Å². The van der Waals surface area contributed by atoms with Crippen molar-refractivity contribution in [2.45, 2.75) is 26.9 Å². The van der Waals surface area contributed by atoms with Crippen LogP contribution in [0.4, 0.5) is 18.9 Å². The highest BCUT2D eigenvalue weighted by Crippen LogP contribution is 2.34. The van der Waals surface area contributed by atoms with Crippen molar-refractivity contribution in [2.24, 2.45) is 4.99 Å². The van der Waals surface area contributed by atoms with Gasteiger partial charge in [-0.1, -0.05) is 0 Å². The van der Waals surface area contributed by atoms with Gasteiger partial charge in [0, 0.05) is 0 Å². The van der Waals surface area contributed by atoms with Crippen LogP contribution in [-0.2, 0) is 17.8 Å². The van der Waals surface area contributed by atoms with E-state index in [1.807, 2.05) is 0 Å². The molecule has 0 aromatic heterocycles. The van der Waals surface area contributed by atoms with E-state index in [0.717, 1.165) is 12.1 Å². The lowest BCUT2D eigenvalue weighted by Gasteiger charge is -2.12. The predicted octanol–water partition coefficient (Wildman–Crippen LogP) is 3.69. The van der Waals surface area contributed by atoms with Crippen molar-refractivity contribution in [3.63, 3.8) is 0 Å². The Morgan fingerprint density at radius 1 is 1.32 bits per heavy atom. The molecule has 0 aliphatic carbocycles. The van der Waals surface area contributed by atoms with Crippen LogP contribution in [0.1, 0.15) is 23.6 Å². The number of hydrogen-bond acceptors (Lipinski definition) is 4. The third-order valence-corrected chi connectivity index (χ3v) is 3.54. The molecule has 0 fully saturated rings. The van der Waals surface area contributed by atoms with Gasteiger partial charge in [0.05, 0.1) is 11.3 Å². The number of alkyl halides is 3. The maximum atomic E-state index is 12.7. The normalized spacial score (nSPS) is 13.0. The first kappa shape index (κ1) is 17.9. The summed E-state index contributed by atoms with van der Waals surface area (Å²) in [6.45, 7) is 4.46. The van der Waals surface area contributed by atoms with Crippen molar-refractivity contribution < 1.29 is 17.7 Å². The highest BCUT2D eigenvalue weighted by atomic mass is 32.2. The molecule has 0 spiro atoms. The van der Waals surface area contributed by atoms with Crippen LogP contribution in [0.5, 0.6) is 0 Å². The van der Waals surface area contributed by atoms with Gasteiger partial charge >= 0.3 is 22.7 Å². The molecule has 0 aliphatic rings. The van der Waals surface area contributed by atoms with Crippen LogP contribution < -0.4 is 0 Å². The number of benzene rings is 1. The fraction of sp³-hybridized carbons (Fsp3) is 0.286. The van der Waals surface area contributed by atoms with E-state index < -0.39 is 17.5 Å². The number of hydrogen-bond donors (Lipinski definition) is 2. The number of rotatable bonds is 3. The van der Waals surface area contributed by atoms with Gasteiger partial charge < -0.3 is 0 Å². The van der Waals surface area contributed by atoms with Crippen LogP contribution in [0.25, 0.3) is 0 Å². The summed E-state index contributed by atoms with van der Waals surface area (Å²) in [6.07, 6.45) is -4.44. The van der Waals surface area contributed by atoms with Gasteiger partial charge in [0.15, 0.2) is 0 Å². The van der Waals surface area contributed by atoms with Gasteiger partial charge in [-0.3, -0.25) is 5.41 Å². The van der Waals surface area contributed by atoms with Gasteiger partial charge in [-0.05, 0) is 44.0 Å². The second kappa shape index (κ2) is 6.77. The summed E-state index contributed by atoms with van der Waals surface area (Å²) in [5.41, 5.74) is -0.0803. The largest absolute Gasteiger partial charge is 0.416 e. The summed E-state index contributed by atoms with van der Waals surface area (Å²) in [7, 11) is 0. The highest BCUT2D eigenvalue weighted by Gasteiger charge is 2.31. The molecule has 2 N–H and O–H groups in total. The molecule has 1 rings (SSSR count). The van der Waals surface area contributed by atoms with Crippen LogP contribution in [0.2, 0.25) is 0 Å². The van der Waals surface area contributed by atoms with E-state index in [1.54, 1.807) is 6.07 Å². The third-order valence-electron chi connectivity index (χ3n) is 2.86. The van der Waals surface area contributed by atoms with Crippen LogP contribution in [0.15, 0.2) is 17.1 Å². The van der Waals surface area contributed by atoms with Gasteiger partial charge in [0.25, 0.3) is 0 Å². The number of nitrogens with zero attached hydrogens (tertiary/aromatic N) is 2. The zero-order valence-electron chi connectivity index (χ0n) is 12.0. The van der Waals surface area contributed by atoms with E-state index in [0.29, 0.717) is 16.8 Å². The molecule has 8 heteroatoms. The Hall–Kier alpha value is -2.11. The van der Waals surface area contributed by atoms with Crippen molar-refractivity contribution in [1.29, 1.82) is 10.7 Å². The summed E-state index contributed by atoms with van der Waals surface area (Å²) in [4.78, 5) is 4.12. The SMILES string of the molecule is CC(=Nc1c(C)cc(C(F)(F)F)cc1C)C(=[S+]O)C(=N)C#N. The number of aliphatic imine (C=N–C) groups is 1. The summed E-state index contributed by atoms with van der Waals surface area (Å²) in [5.74, 6) is 0. The summed E-state index contributed by atoms with van der Waals surface area (Å²) in [6, 6.07) is 3.55. The quantitative estimate of drug-likeness (QED) is 0.384. The Bertz CT molecular complexity index is 692.